The van der Waals surface area contributed by atoms with Gasteiger partial charge in [0.25, 0.3) is 0 Å². The Balaban J connectivity index is 1.41. The lowest BCUT2D eigenvalue weighted by molar-refractivity contribution is -0.137. The molecule has 25 heavy (non-hydrogen) atoms. The maximum atomic E-state index is 12.1. The first-order valence-corrected chi connectivity index (χ1v) is 9.33. The van der Waals surface area contributed by atoms with E-state index < -0.39 is 0 Å². The predicted octanol–water partition coefficient (Wildman–Crippen LogP) is 1.84. The van der Waals surface area contributed by atoms with Gasteiger partial charge >= 0.3 is 0 Å². The van der Waals surface area contributed by atoms with E-state index >= 15 is 0 Å². The fourth-order valence-electron chi connectivity index (χ4n) is 4.64. The van der Waals surface area contributed by atoms with Crippen LogP contribution in [0.2, 0.25) is 0 Å². The second-order valence-corrected chi connectivity index (χ2v) is 7.50. The highest BCUT2D eigenvalue weighted by Crippen LogP contribution is 2.37. The number of aromatic nitrogens is 1. The standard InChI is InChI=1S/C19H27N3O3/c1-24-18-15(4-2-8-20-18)13-21-10-7-19(14-21)12-16(6-11-25-19)22-9-3-5-17(22)23/h2,4,8,16H,3,5-7,9-14H2,1H3/t16-,19+/m1/s1. The maximum absolute atomic E-state index is 12.1. The van der Waals surface area contributed by atoms with Crippen molar-refractivity contribution in [3.8, 4) is 5.88 Å². The molecule has 0 bridgehead atoms. The Bertz CT molecular complexity index is 638. The van der Waals surface area contributed by atoms with Crippen molar-refractivity contribution in [1.29, 1.82) is 0 Å². The Kier molecular flexibility index (Phi) is 4.65. The Morgan fingerprint density at radius 2 is 2.36 bits per heavy atom. The van der Waals surface area contributed by atoms with Gasteiger partial charge in [-0.3, -0.25) is 9.69 Å². The summed E-state index contributed by atoms with van der Waals surface area (Å²) in [4.78, 5) is 20.9. The third-order valence-corrected chi connectivity index (χ3v) is 5.85. The molecule has 1 amide bonds. The second kappa shape index (κ2) is 6.92. The van der Waals surface area contributed by atoms with Crippen LogP contribution in [0.3, 0.4) is 0 Å². The summed E-state index contributed by atoms with van der Waals surface area (Å²) in [5.74, 6) is 1.03. The number of methoxy groups -OCH3 is 1. The number of pyridine rings is 1. The van der Waals surface area contributed by atoms with Gasteiger partial charge < -0.3 is 14.4 Å². The molecule has 3 aliphatic rings. The van der Waals surface area contributed by atoms with Crippen LogP contribution in [0.15, 0.2) is 18.3 Å². The summed E-state index contributed by atoms with van der Waals surface area (Å²) in [6.45, 7) is 4.45. The van der Waals surface area contributed by atoms with Crippen LogP contribution in [-0.2, 0) is 16.1 Å². The van der Waals surface area contributed by atoms with Crippen molar-refractivity contribution in [2.75, 3.05) is 33.4 Å². The van der Waals surface area contributed by atoms with Crippen molar-refractivity contribution < 1.29 is 14.3 Å². The van der Waals surface area contributed by atoms with Gasteiger partial charge in [-0.2, -0.15) is 0 Å². The number of carbonyl (C=O) groups excluding carboxylic acids is 1. The van der Waals surface area contributed by atoms with Crippen molar-refractivity contribution in [2.45, 2.75) is 50.3 Å². The van der Waals surface area contributed by atoms with E-state index in [2.05, 4.69) is 20.9 Å². The van der Waals surface area contributed by atoms with Crippen molar-refractivity contribution in [3.63, 3.8) is 0 Å². The minimum absolute atomic E-state index is 0.0960. The van der Waals surface area contributed by atoms with E-state index in [1.807, 2.05) is 6.07 Å². The molecule has 1 aromatic rings. The van der Waals surface area contributed by atoms with E-state index in [1.165, 1.54) is 0 Å². The minimum Gasteiger partial charge on any atom is -0.481 e. The molecule has 0 radical (unpaired) electrons. The molecule has 0 aliphatic carbocycles. The number of ether oxygens (including phenoxy) is 2. The van der Waals surface area contributed by atoms with E-state index in [0.717, 1.165) is 70.5 Å². The van der Waals surface area contributed by atoms with Crippen LogP contribution < -0.4 is 4.74 Å². The number of nitrogens with zero attached hydrogens (tertiary/aromatic N) is 3. The third kappa shape index (κ3) is 3.37. The third-order valence-electron chi connectivity index (χ3n) is 5.85. The number of hydrogen-bond acceptors (Lipinski definition) is 5. The number of likely N-dealkylation sites (tertiary alicyclic amines) is 2. The highest BCUT2D eigenvalue weighted by Gasteiger charge is 2.45. The zero-order valence-corrected chi connectivity index (χ0v) is 14.9. The Morgan fingerprint density at radius 3 is 3.16 bits per heavy atom. The van der Waals surface area contributed by atoms with E-state index in [4.69, 9.17) is 9.47 Å². The predicted molar refractivity (Wildman–Crippen MR) is 93.3 cm³/mol. The number of carbonyl (C=O) groups is 1. The van der Waals surface area contributed by atoms with Gasteiger partial charge in [-0.15, -0.1) is 0 Å². The lowest BCUT2D eigenvalue weighted by atomic mass is 9.89. The van der Waals surface area contributed by atoms with Crippen molar-refractivity contribution in [1.82, 2.24) is 14.8 Å². The van der Waals surface area contributed by atoms with Gasteiger partial charge in [0.2, 0.25) is 11.8 Å². The van der Waals surface area contributed by atoms with Crippen LogP contribution in [0.25, 0.3) is 0 Å². The van der Waals surface area contributed by atoms with Crippen LogP contribution in [0, 0.1) is 0 Å². The molecule has 2 atom stereocenters. The Hall–Kier alpha value is -1.66. The van der Waals surface area contributed by atoms with Crippen LogP contribution in [0.5, 0.6) is 5.88 Å². The fraction of sp³-hybridized carbons (Fsp3) is 0.684. The van der Waals surface area contributed by atoms with E-state index in [1.54, 1.807) is 13.3 Å². The molecule has 1 spiro atoms. The van der Waals surface area contributed by atoms with Gasteiger partial charge in [0, 0.05) is 57.0 Å². The summed E-state index contributed by atoms with van der Waals surface area (Å²) in [6, 6.07) is 4.39. The molecular formula is C19H27N3O3. The molecule has 0 N–H and O–H groups in total. The quantitative estimate of drug-likeness (QED) is 0.833. The minimum atomic E-state index is -0.0960. The molecule has 0 unspecified atom stereocenters. The molecule has 6 nitrogen and oxygen atoms in total. The monoisotopic (exact) mass is 345 g/mol. The summed E-state index contributed by atoms with van der Waals surface area (Å²) in [5.41, 5.74) is 1.02. The molecular weight excluding hydrogens is 318 g/mol. The van der Waals surface area contributed by atoms with Gasteiger partial charge in [-0.1, -0.05) is 6.07 Å². The van der Waals surface area contributed by atoms with Crippen molar-refractivity contribution in [2.24, 2.45) is 0 Å². The average Bonchev–Trinajstić information content (AvgIpc) is 3.22. The molecule has 3 aliphatic heterocycles. The SMILES string of the molecule is COc1ncccc1CN1CC[C@]2(C[C@H](N3CCCC3=O)CCO2)C1. The van der Waals surface area contributed by atoms with E-state index in [0.29, 0.717) is 17.8 Å². The smallest absolute Gasteiger partial charge is 0.222 e. The first kappa shape index (κ1) is 16.8. The van der Waals surface area contributed by atoms with Crippen LogP contribution >= 0.6 is 0 Å². The van der Waals surface area contributed by atoms with E-state index in [9.17, 15) is 4.79 Å². The normalized spacial score (nSPS) is 30.4. The molecule has 3 saturated heterocycles. The van der Waals surface area contributed by atoms with E-state index in [-0.39, 0.29) is 5.60 Å². The summed E-state index contributed by atoms with van der Waals surface area (Å²) < 4.78 is 11.6. The number of hydrogen-bond donors (Lipinski definition) is 0. The lowest BCUT2D eigenvalue weighted by Crippen LogP contribution is -2.50. The van der Waals surface area contributed by atoms with Gasteiger partial charge in [0.15, 0.2) is 0 Å². The molecule has 4 heterocycles. The van der Waals surface area contributed by atoms with Gasteiger partial charge in [0.05, 0.1) is 12.7 Å². The molecule has 3 fully saturated rings. The first-order valence-electron chi connectivity index (χ1n) is 9.33. The molecule has 0 saturated carbocycles. The first-order chi connectivity index (χ1) is 12.2. The van der Waals surface area contributed by atoms with Gasteiger partial charge in [-0.25, -0.2) is 4.98 Å². The zero-order chi connectivity index (χ0) is 17.3. The van der Waals surface area contributed by atoms with Crippen LogP contribution in [0.4, 0.5) is 0 Å². The van der Waals surface area contributed by atoms with Crippen molar-refractivity contribution >= 4 is 5.91 Å². The molecule has 4 rings (SSSR count). The Labute approximate surface area is 149 Å². The molecule has 1 aromatic heterocycles. The summed E-state index contributed by atoms with van der Waals surface area (Å²) >= 11 is 0. The molecule has 0 aromatic carbocycles. The molecule has 136 valence electrons. The van der Waals surface area contributed by atoms with Gasteiger partial charge in [0.1, 0.15) is 0 Å². The van der Waals surface area contributed by atoms with Crippen LogP contribution in [0.1, 0.15) is 37.7 Å². The zero-order valence-electron chi connectivity index (χ0n) is 14.9. The fourth-order valence-corrected chi connectivity index (χ4v) is 4.64. The maximum Gasteiger partial charge on any atom is 0.222 e. The van der Waals surface area contributed by atoms with Gasteiger partial charge in [-0.05, 0) is 31.7 Å². The average molecular weight is 345 g/mol. The lowest BCUT2D eigenvalue weighted by Gasteiger charge is -2.41. The van der Waals surface area contributed by atoms with Crippen molar-refractivity contribution in [3.05, 3.63) is 23.9 Å². The highest BCUT2D eigenvalue weighted by atomic mass is 16.5. The topological polar surface area (TPSA) is 54.9 Å². The molecule has 6 heteroatoms. The second-order valence-electron chi connectivity index (χ2n) is 7.50. The Morgan fingerprint density at radius 1 is 1.44 bits per heavy atom. The summed E-state index contributed by atoms with van der Waals surface area (Å²) in [5, 5.41) is 0. The number of amides is 1. The largest absolute Gasteiger partial charge is 0.481 e. The highest BCUT2D eigenvalue weighted by molar-refractivity contribution is 5.78. The summed E-state index contributed by atoms with van der Waals surface area (Å²) in [7, 11) is 1.67. The van der Waals surface area contributed by atoms with Crippen LogP contribution in [-0.4, -0.2) is 65.7 Å². The number of rotatable bonds is 4. The summed E-state index contributed by atoms with van der Waals surface area (Å²) in [6.07, 6.45) is 6.47.